The van der Waals surface area contributed by atoms with Gasteiger partial charge in [-0.1, -0.05) is 48.4 Å². The van der Waals surface area contributed by atoms with Crippen molar-refractivity contribution in [1.82, 2.24) is 14.9 Å². The molecule has 4 aromatic rings. The van der Waals surface area contributed by atoms with Gasteiger partial charge in [-0.3, -0.25) is 4.79 Å². The van der Waals surface area contributed by atoms with Gasteiger partial charge >= 0.3 is 0 Å². The van der Waals surface area contributed by atoms with Crippen LogP contribution in [-0.4, -0.2) is 35.7 Å². The minimum Gasteiger partial charge on any atom is -0.493 e. The van der Waals surface area contributed by atoms with Gasteiger partial charge in [-0.2, -0.15) is 0 Å². The van der Waals surface area contributed by atoms with E-state index in [1.807, 2.05) is 55.5 Å². The van der Waals surface area contributed by atoms with Crippen molar-refractivity contribution < 1.29 is 14.3 Å². The molecule has 210 valence electrons. The molecule has 0 unspecified atom stereocenters. The zero-order valence-corrected chi connectivity index (χ0v) is 23.8. The Kier molecular flexibility index (Phi) is 10.8. The topological polar surface area (TPSA) is 65.4 Å². The molecule has 0 fully saturated rings. The van der Waals surface area contributed by atoms with E-state index >= 15 is 0 Å². The fraction of sp³-hybridized carbons (Fsp3) is 0.353. The highest BCUT2D eigenvalue weighted by molar-refractivity contribution is 5.94. The SMILES string of the molecule is C=CCc1ccc(OCCCCn2c(CCCCCNC(=O)c3ccc(C)cc3)nc3ccccc32)c(OC)c1. The first-order valence-corrected chi connectivity index (χ1v) is 14.3. The minimum atomic E-state index is -0.00563. The number of methoxy groups -OCH3 is 1. The summed E-state index contributed by atoms with van der Waals surface area (Å²) in [6, 6.07) is 22.1. The molecule has 0 saturated carbocycles. The Hall–Kier alpha value is -4.06. The van der Waals surface area contributed by atoms with Crippen LogP contribution >= 0.6 is 0 Å². The number of unbranched alkanes of at least 4 members (excludes halogenated alkanes) is 3. The summed E-state index contributed by atoms with van der Waals surface area (Å²) in [5.41, 5.74) is 5.25. The van der Waals surface area contributed by atoms with Gasteiger partial charge in [0, 0.05) is 25.1 Å². The van der Waals surface area contributed by atoms with Crippen LogP contribution in [0.15, 0.2) is 79.4 Å². The molecule has 6 nitrogen and oxygen atoms in total. The average Bonchev–Trinajstić information content (AvgIpc) is 3.32. The van der Waals surface area contributed by atoms with Crippen LogP contribution in [0.1, 0.15) is 59.4 Å². The molecular weight excluding hydrogens is 498 g/mol. The highest BCUT2D eigenvalue weighted by Gasteiger charge is 2.11. The van der Waals surface area contributed by atoms with Gasteiger partial charge in [0.25, 0.3) is 5.91 Å². The lowest BCUT2D eigenvalue weighted by molar-refractivity contribution is 0.0953. The zero-order chi connectivity index (χ0) is 28.2. The summed E-state index contributed by atoms with van der Waals surface area (Å²) in [5, 5.41) is 3.03. The molecule has 6 heteroatoms. The molecule has 0 spiro atoms. The Morgan fingerprint density at radius 1 is 0.975 bits per heavy atom. The number of fused-ring (bicyclic) bond motifs is 1. The Labute approximate surface area is 238 Å². The predicted molar refractivity (Wildman–Crippen MR) is 162 cm³/mol. The number of imidazole rings is 1. The minimum absolute atomic E-state index is 0.00563. The van der Waals surface area contributed by atoms with Crippen molar-refractivity contribution in [2.24, 2.45) is 0 Å². The summed E-state index contributed by atoms with van der Waals surface area (Å²) in [6.45, 7) is 8.05. The Morgan fingerprint density at radius 3 is 2.60 bits per heavy atom. The first-order valence-electron chi connectivity index (χ1n) is 14.3. The summed E-state index contributed by atoms with van der Waals surface area (Å²) in [4.78, 5) is 17.2. The Morgan fingerprint density at radius 2 is 1.80 bits per heavy atom. The number of aromatic nitrogens is 2. The lowest BCUT2D eigenvalue weighted by Crippen LogP contribution is -2.24. The van der Waals surface area contributed by atoms with Crippen LogP contribution in [0.5, 0.6) is 11.5 Å². The normalized spacial score (nSPS) is 10.9. The predicted octanol–water partition coefficient (Wildman–Crippen LogP) is 7.08. The van der Waals surface area contributed by atoms with Crippen LogP contribution in [0, 0.1) is 6.92 Å². The second-order valence-electron chi connectivity index (χ2n) is 10.1. The molecule has 3 aromatic carbocycles. The number of hydrogen-bond acceptors (Lipinski definition) is 4. The third kappa shape index (κ3) is 7.98. The van der Waals surface area contributed by atoms with Crippen molar-refractivity contribution in [2.45, 2.75) is 58.4 Å². The highest BCUT2D eigenvalue weighted by atomic mass is 16.5. The standard InChI is InChI=1S/C34H41N3O3/c1-4-12-27-18-21-31(32(25-27)39-3)40-24-11-10-23-37-30-14-8-7-13-29(30)36-33(37)15-6-5-9-22-35-34(38)28-19-16-26(2)17-20-28/h4,7-8,13-14,16-21,25H,1,5-6,9-12,15,22-24H2,2-3H3,(H,35,38). The molecule has 0 atom stereocenters. The second-order valence-corrected chi connectivity index (χ2v) is 10.1. The van der Waals surface area contributed by atoms with E-state index in [1.165, 1.54) is 5.52 Å². The van der Waals surface area contributed by atoms with Crippen molar-refractivity contribution in [2.75, 3.05) is 20.3 Å². The van der Waals surface area contributed by atoms with Crippen molar-refractivity contribution in [3.8, 4) is 11.5 Å². The van der Waals surface area contributed by atoms with E-state index in [0.717, 1.165) is 85.5 Å². The molecule has 0 aliphatic carbocycles. The number of amides is 1. The quantitative estimate of drug-likeness (QED) is 0.122. The summed E-state index contributed by atoms with van der Waals surface area (Å²) >= 11 is 0. The Bertz CT molecular complexity index is 1390. The molecule has 0 aliphatic heterocycles. The van der Waals surface area contributed by atoms with Gasteiger partial charge in [0.05, 0.1) is 24.8 Å². The molecule has 40 heavy (non-hydrogen) atoms. The number of nitrogens with zero attached hydrogens (tertiary/aromatic N) is 2. The molecule has 1 N–H and O–H groups in total. The molecule has 0 bridgehead atoms. The monoisotopic (exact) mass is 539 g/mol. The maximum absolute atomic E-state index is 12.3. The van der Waals surface area contributed by atoms with E-state index in [4.69, 9.17) is 14.5 Å². The van der Waals surface area contributed by atoms with Gasteiger partial charge in [0.2, 0.25) is 0 Å². The summed E-state index contributed by atoms with van der Waals surface area (Å²) in [5.74, 6) is 2.66. The smallest absolute Gasteiger partial charge is 0.251 e. The van der Waals surface area contributed by atoms with E-state index in [9.17, 15) is 4.79 Å². The maximum Gasteiger partial charge on any atom is 0.251 e. The van der Waals surface area contributed by atoms with Crippen LogP contribution in [0.3, 0.4) is 0 Å². The number of allylic oxidation sites excluding steroid dienone is 1. The number of hydrogen-bond donors (Lipinski definition) is 1. The van der Waals surface area contributed by atoms with E-state index in [0.29, 0.717) is 18.7 Å². The van der Waals surface area contributed by atoms with Gasteiger partial charge in [-0.05, 0) is 81.0 Å². The molecule has 0 radical (unpaired) electrons. The van der Waals surface area contributed by atoms with Gasteiger partial charge in [0.15, 0.2) is 11.5 Å². The fourth-order valence-corrected chi connectivity index (χ4v) is 4.84. The summed E-state index contributed by atoms with van der Waals surface area (Å²) < 4.78 is 13.9. The maximum atomic E-state index is 12.3. The fourth-order valence-electron chi connectivity index (χ4n) is 4.84. The largest absolute Gasteiger partial charge is 0.493 e. The number of carbonyl (C=O) groups excluding carboxylic acids is 1. The van der Waals surface area contributed by atoms with Crippen molar-refractivity contribution in [3.05, 3.63) is 102 Å². The van der Waals surface area contributed by atoms with Crippen LogP contribution in [0.4, 0.5) is 0 Å². The first kappa shape index (κ1) is 28.9. The van der Waals surface area contributed by atoms with Crippen molar-refractivity contribution in [3.63, 3.8) is 0 Å². The zero-order valence-electron chi connectivity index (χ0n) is 23.8. The summed E-state index contributed by atoms with van der Waals surface area (Å²) in [6.07, 6.45) is 8.57. The Balaban J connectivity index is 1.23. The number of benzene rings is 3. The van der Waals surface area contributed by atoms with Crippen LogP contribution < -0.4 is 14.8 Å². The van der Waals surface area contributed by atoms with Crippen LogP contribution in [0.25, 0.3) is 11.0 Å². The van der Waals surface area contributed by atoms with E-state index in [2.05, 4.69) is 40.7 Å². The number of ether oxygens (including phenoxy) is 2. The first-order chi connectivity index (χ1) is 19.6. The number of para-hydroxylation sites is 2. The second kappa shape index (κ2) is 14.9. The lowest BCUT2D eigenvalue weighted by atomic mass is 10.1. The van der Waals surface area contributed by atoms with Crippen LogP contribution in [-0.2, 0) is 19.4 Å². The van der Waals surface area contributed by atoms with Gasteiger partial charge in [-0.15, -0.1) is 6.58 Å². The van der Waals surface area contributed by atoms with Crippen molar-refractivity contribution in [1.29, 1.82) is 0 Å². The lowest BCUT2D eigenvalue weighted by Gasteiger charge is -2.13. The van der Waals surface area contributed by atoms with Crippen molar-refractivity contribution >= 4 is 16.9 Å². The van der Waals surface area contributed by atoms with Gasteiger partial charge in [-0.25, -0.2) is 4.98 Å². The molecule has 0 aliphatic rings. The average molecular weight is 540 g/mol. The van der Waals surface area contributed by atoms with Gasteiger partial charge < -0.3 is 19.4 Å². The number of rotatable bonds is 16. The molecule has 1 heterocycles. The van der Waals surface area contributed by atoms with Gasteiger partial charge in [0.1, 0.15) is 5.82 Å². The van der Waals surface area contributed by atoms with E-state index in [1.54, 1.807) is 7.11 Å². The highest BCUT2D eigenvalue weighted by Crippen LogP contribution is 2.28. The number of aryl methyl sites for hydroxylation is 3. The summed E-state index contributed by atoms with van der Waals surface area (Å²) in [7, 11) is 1.67. The molecular formula is C34H41N3O3. The molecule has 1 aromatic heterocycles. The third-order valence-electron chi connectivity index (χ3n) is 7.05. The molecule has 1 amide bonds. The van der Waals surface area contributed by atoms with Crippen LogP contribution in [0.2, 0.25) is 0 Å². The van der Waals surface area contributed by atoms with E-state index in [-0.39, 0.29) is 5.91 Å². The number of carbonyl (C=O) groups is 1. The molecule has 4 rings (SSSR count). The third-order valence-corrected chi connectivity index (χ3v) is 7.05. The molecule has 0 saturated heterocycles. The van der Waals surface area contributed by atoms with E-state index < -0.39 is 0 Å². The number of nitrogens with one attached hydrogen (secondary N) is 1.